The molecule has 1 aromatic rings. The van der Waals surface area contributed by atoms with Gasteiger partial charge in [-0.05, 0) is 47.5 Å². The molecule has 1 aromatic carbocycles. The normalized spacial score (nSPS) is 16.8. The van der Waals surface area contributed by atoms with Gasteiger partial charge in [-0.25, -0.2) is 4.39 Å². The summed E-state index contributed by atoms with van der Waals surface area (Å²) in [4.78, 5) is 11.8. The van der Waals surface area contributed by atoms with E-state index in [1.807, 2.05) is 6.92 Å². The largest absolute Gasteiger partial charge is 0.363 e. The average molecular weight is 331 g/mol. The van der Waals surface area contributed by atoms with Gasteiger partial charge in [-0.1, -0.05) is 0 Å². The third-order valence-electron chi connectivity index (χ3n) is 3.09. The molecule has 2 N–H and O–H groups in total. The van der Waals surface area contributed by atoms with Crippen LogP contribution in [0.4, 0.5) is 10.1 Å². The van der Waals surface area contributed by atoms with Crippen LogP contribution in [0.25, 0.3) is 0 Å². The predicted octanol–water partition coefficient (Wildman–Crippen LogP) is 2.21. The van der Waals surface area contributed by atoms with Crippen molar-refractivity contribution in [1.82, 2.24) is 5.32 Å². The highest BCUT2D eigenvalue weighted by Gasteiger charge is 2.33. The lowest BCUT2D eigenvalue weighted by atomic mass is 10.0. The molecule has 0 spiro atoms. The van der Waals surface area contributed by atoms with E-state index in [0.29, 0.717) is 15.7 Å². The Morgan fingerprint density at radius 2 is 2.26 bits per heavy atom. The molecule has 4 nitrogen and oxygen atoms in total. The quantitative estimate of drug-likeness (QED) is 0.889. The first kappa shape index (κ1) is 14.4. The summed E-state index contributed by atoms with van der Waals surface area (Å²) in [7, 11) is 0. The van der Waals surface area contributed by atoms with E-state index in [9.17, 15) is 9.18 Å². The lowest BCUT2D eigenvalue weighted by molar-refractivity contribution is -0.130. The van der Waals surface area contributed by atoms with E-state index >= 15 is 0 Å². The van der Waals surface area contributed by atoms with E-state index in [4.69, 9.17) is 4.74 Å². The Balaban J connectivity index is 1.93. The minimum atomic E-state index is -0.347. The molecule has 0 aliphatic carbocycles. The van der Waals surface area contributed by atoms with Crippen molar-refractivity contribution in [2.45, 2.75) is 19.4 Å². The first-order valence-corrected chi connectivity index (χ1v) is 6.79. The first-order valence-electron chi connectivity index (χ1n) is 6.00. The van der Waals surface area contributed by atoms with Gasteiger partial charge in [0.2, 0.25) is 5.91 Å². The fourth-order valence-corrected chi connectivity index (χ4v) is 2.13. The predicted molar refractivity (Wildman–Crippen MR) is 74.7 cm³/mol. The molecule has 6 heteroatoms. The molecule has 1 fully saturated rings. The van der Waals surface area contributed by atoms with Crippen molar-refractivity contribution < 1.29 is 13.9 Å². The average Bonchev–Trinajstić information content (AvgIpc) is 2.31. The number of ether oxygens (including phenoxy) is 1. The third kappa shape index (κ3) is 3.52. The molecule has 0 bridgehead atoms. The van der Waals surface area contributed by atoms with Gasteiger partial charge < -0.3 is 15.4 Å². The number of hydrogen-bond donors (Lipinski definition) is 2. The number of hydrogen-bond acceptors (Lipinski definition) is 3. The van der Waals surface area contributed by atoms with Crippen LogP contribution in [0.2, 0.25) is 0 Å². The monoisotopic (exact) mass is 330 g/mol. The van der Waals surface area contributed by atoms with Crippen molar-refractivity contribution in [3.63, 3.8) is 0 Å². The van der Waals surface area contributed by atoms with Crippen molar-refractivity contribution in [1.29, 1.82) is 0 Å². The Labute approximate surface area is 119 Å². The number of anilines is 1. The highest BCUT2D eigenvalue weighted by atomic mass is 79.9. The highest BCUT2D eigenvalue weighted by Crippen LogP contribution is 2.24. The van der Waals surface area contributed by atoms with Crippen molar-refractivity contribution >= 4 is 27.5 Å². The van der Waals surface area contributed by atoms with Crippen molar-refractivity contribution in [3.8, 4) is 0 Å². The van der Waals surface area contributed by atoms with Crippen LogP contribution in [-0.4, -0.2) is 31.2 Å². The van der Waals surface area contributed by atoms with E-state index in [0.717, 1.165) is 13.1 Å². The molecular weight excluding hydrogens is 315 g/mol. The Morgan fingerprint density at radius 1 is 1.58 bits per heavy atom. The molecule has 0 saturated carbocycles. The molecular formula is C13H16BrFN2O2. The summed E-state index contributed by atoms with van der Waals surface area (Å²) in [6.45, 7) is 5.19. The maximum Gasteiger partial charge on any atom is 0.250 e. The minimum Gasteiger partial charge on any atom is -0.363 e. The zero-order chi connectivity index (χ0) is 14.0. The minimum absolute atomic E-state index is 0.00733. The van der Waals surface area contributed by atoms with Crippen LogP contribution in [0, 0.1) is 12.7 Å². The van der Waals surface area contributed by atoms with Gasteiger partial charge in [-0.2, -0.15) is 0 Å². The summed E-state index contributed by atoms with van der Waals surface area (Å²) >= 11 is 3.10. The first-order chi connectivity index (χ1) is 8.89. The van der Waals surface area contributed by atoms with Gasteiger partial charge in [-0.15, -0.1) is 0 Å². The third-order valence-corrected chi connectivity index (χ3v) is 3.70. The lowest BCUT2D eigenvalue weighted by Gasteiger charge is -2.38. The molecule has 2 rings (SSSR count). The van der Waals surface area contributed by atoms with Crippen LogP contribution in [0.3, 0.4) is 0 Å². The maximum absolute atomic E-state index is 13.3. The second-order valence-corrected chi connectivity index (χ2v) is 5.83. The molecule has 0 atom stereocenters. The maximum atomic E-state index is 13.3. The molecule has 19 heavy (non-hydrogen) atoms. The summed E-state index contributed by atoms with van der Waals surface area (Å²) in [5, 5.41) is 5.81. The smallest absolute Gasteiger partial charge is 0.250 e. The molecule has 0 unspecified atom stereocenters. The number of rotatable bonds is 4. The molecule has 104 valence electrons. The molecule has 1 saturated heterocycles. The number of aryl methyl sites for hydroxylation is 1. The molecule has 1 aliphatic heterocycles. The van der Waals surface area contributed by atoms with Crippen molar-refractivity contribution in [2.24, 2.45) is 0 Å². The fraction of sp³-hybridized carbons (Fsp3) is 0.462. The zero-order valence-corrected chi connectivity index (χ0v) is 12.4. The molecule has 0 radical (unpaired) electrons. The van der Waals surface area contributed by atoms with Gasteiger partial charge in [0.05, 0.1) is 10.1 Å². The van der Waals surface area contributed by atoms with Crippen molar-refractivity contribution in [2.75, 3.05) is 25.0 Å². The second kappa shape index (κ2) is 5.56. The van der Waals surface area contributed by atoms with Crippen molar-refractivity contribution in [3.05, 3.63) is 28.0 Å². The SMILES string of the molecule is Cc1cc(F)c(Br)cc1NC(=O)COC1(C)CNC1. The van der Waals surface area contributed by atoms with Gasteiger partial charge >= 0.3 is 0 Å². The van der Waals surface area contributed by atoms with Gasteiger partial charge in [0.15, 0.2) is 0 Å². The Kier molecular flexibility index (Phi) is 4.23. The Morgan fingerprint density at radius 3 is 2.84 bits per heavy atom. The molecule has 1 heterocycles. The number of carbonyl (C=O) groups excluding carboxylic acids is 1. The second-order valence-electron chi connectivity index (χ2n) is 4.97. The van der Waals surface area contributed by atoms with E-state index in [1.165, 1.54) is 6.07 Å². The Hall–Kier alpha value is -0.980. The summed E-state index contributed by atoms with van der Waals surface area (Å²) in [6, 6.07) is 2.92. The van der Waals surface area contributed by atoms with Crippen LogP contribution in [0.1, 0.15) is 12.5 Å². The van der Waals surface area contributed by atoms with E-state index in [2.05, 4.69) is 26.6 Å². The number of benzene rings is 1. The standard InChI is InChI=1S/C13H16BrFN2O2/c1-8-3-10(15)9(14)4-11(8)17-12(18)5-19-13(2)6-16-7-13/h3-4,16H,5-7H2,1-2H3,(H,17,18). The summed E-state index contributed by atoms with van der Waals surface area (Å²) < 4.78 is 19.1. The van der Waals surface area contributed by atoms with Crippen LogP contribution < -0.4 is 10.6 Å². The lowest BCUT2D eigenvalue weighted by Crippen LogP contribution is -2.59. The van der Waals surface area contributed by atoms with Crippen LogP contribution in [-0.2, 0) is 9.53 Å². The Bertz CT molecular complexity index is 504. The van der Waals surface area contributed by atoms with E-state index < -0.39 is 0 Å². The summed E-state index contributed by atoms with van der Waals surface area (Å²) in [5.74, 6) is -0.588. The highest BCUT2D eigenvalue weighted by molar-refractivity contribution is 9.10. The molecule has 1 amide bonds. The number of halogens is 2. The number of carbonyl (C=O) groups is 1. The molecule has 0 aromatic heterocycles. The fourth-order valence-electron chi connectivity index (χ4n) is 1.79. The van der Waals surface area contributed by atoms with Crippen LogP contribution in [0.5, 0.6) is 0 Å². The van der Waals surface area contributed by atoms with Crippen LogP contribution in [0.15, 0.2) is 16.6 Å². The van der Waals surface area contributed by atoms with Crippen LogP contribution >= 0.6 is 15.9 Å². The molecule has 1 aliphatic rings. The van der Waals surface area contributed by atoms with Gasteiger partial charge in [0.25, 0.3) is 0 Å². The van der Waals surface area contributed by atoms with Gasteiger partial charge in [0.1, 0.15) is 12.4 Å². The number of amides is 1. The van der Waals surface area contributed by atoms with Gasteiger partial charge in [0, 0.05) is 18.8 Å². The topological polar surface area (TPSA) is 50.4 Å². The van der Waals surface area contributed by atoms with E-state index in [1.54, 1.807) is 13.0 Å². The summed E-state index contributed by atoms with van der Waals surface area (Å²) in [6.07, 6.45) is 0. The zero-order valence-electron chi connectivity index (χ0n) is 10.8. The van der Waals surface area contributed by atoms with Gasteiger partial charge in [-0.3, -0.25) is 4.79 Å². The number of nitrogens with one attached hydrogen (secondary N) is 2. The van der Waals surface area contributed by atoms with E-state index in [-0.39, 0.29) is 23.9 Å². The summed E-state index contributed by atoms with van der Waals surface area (Å²) in [5.41, 5.74) is 1.000.